The molecule has 1 saturated heterocycles. The average Bonchev–Trinajstić information content (AvgIpc) is 3.41. The summed E-state index contributed by atoms with van der Waals surface area (Å²) in [6.07, 6.45) is 8.99. The van der Waals surface area contributed by atoms with Crippen LogP contribution in [-0.2, 0) is 9.59 Å². The van der Waals surface area contributed by atoms with E-state index in [-0.39, 0.29) is 11.8 Å². The Hall–Kier alpha value is -4.43. The lowest BCUT2D eigenvalue weighted by molar-refractivity contribution is -0.135. The van der Waals surface area contributed by atoms with Crippen molar-refractivity contribution in [2.75, 3.05) is 57.1 Å². The van der Waals surface area contributed by atoms with Gasteiger partial charge in [-0.3, -0.25) is 9.59 Å². The van der Waals surface area contributed by atoms with Crippen molar-refractivity contribution in [3.63, 3.8) is 0 Å². The van der Waals surface area contributed by atoms with Crippen molar-refractivity contribution >= 4 is 41.2 Å². The molecule has 11 nitrogen and oxygen atoms in total. The number of amides is 2. The fourth-order valence-corrected chi connectivity index (χ4v) is 4.06. The number of nitrogens with two attached hydrogens (primary N) is 1. The second kappa shape index (κ2) is 14.5. The molecule has 1 aliphatic rings. The number of anilines is 4. The molecule has 2 aromatic rings. The van der Waals surface area contributed by atoms with Gasteiger partial charge in [0.05, 0.1) is 11.8 Å². The van der Waals surface area contributed by atoms with Gasteiger partial charge in [-0.15, -0.1) is 0 Å². The van der Waals surface area contributed by atoms with Crippen molar-refractivity contribution in [1.82, 2.24) is 25.1 Å². The lowest BCUT2D eigenvalue weighted by Crippen LogP contribution is -2.45. The van der Waals surface area contributed by atoms with E-state index in [1.54, 1.807) is 42.4 Å². The summed E-state index contributed by atoms with van der Waals surface area (Å²) in [7, 11) is 5.64. The topological polar surface area (TPSA) is 152 Å². The molecule has 11 heteroatoms. The van der Waals surface area contributed by atoms with Gasteiger partial charge in [-0.25, -0.2) is 4.98 Å². The van der Waals surface area contributed by atoms with Crippen LogP contribution in [0, 0.1) is 17.3 Å². The molecule has 1 aromatic carbocycles. The van der Waals surface area contributed by atoms with Crippen LogP contribution in [0.3, 0.4) is 0 Å². The van der Waals surface area contributed by atoms with Crippen LogP contribution in [0.5, 0.6) is 0 Å². The molecular formula is C28H37N9O2. The number of nitrogens with zero attached hydrogens (tertiary/aromatic N) is 4. The van der Waals surface area contributed by atoms with Crippen LogP contribution in [0.1, 0.15) is 36.8 Å². The molecule has 3 rings (SSSR count). The maximum Gasteiger partial charge on any atom is 0.246 e. The average molecular weight is 532 g/mol. The molecule has 2 heterocycles. The number of nitrogen functional groups attached to an aromatic ring is 1. The largest absolute Gasteiger partial charge is 0.398 e. The fourth-order valence-electron chi connectivity index (χ4n) is 4.06. The molecule has 0 bridgehead atoms. The Labute approximate surface area is 229 Å². The van der Waals surface area contributed by atoms with Crippen LogP contribution in [-0.4, -0.2) is 84.6 Å². The monoisotopic (exact) mass is 531 g/mol. The zero-order chi connectivity index (χ0) is 28.2. The van der Waals surface area contributed by atoms with E-state index in [1.165, 1.54) is 6.21 Å². The summed E-state index contributed by atoms with van der Waals surface area (Å²) in [6, 6.07) is 4.86. The van der Waals surface area contributed by atoms with Crippen LogP contribution in [0.25, 0.3) is 0 Å². The SMILES string of the molecule is CNc1nc(Nc2ccc(C=N)c(N)c2)ncc1C#CCCCNC(=O)[C@@H]1CCCN1C(=O)/C=C/CN(C)C. The summed E-state index contributed by atoms with van der Waals surface area (Å²) >= 11 is 0. The highest BCUT2D eigenvalue weighted by Crippen LogP contribution is 2.21. The van der Waals surface area contributed by atoms with Gasteiger partial charge >= 0.3 is 0 Å². The summed E-state index contributed by atoms with van der Waals surface area (Å²) in [5.41, 5.74) is 8.45. The highest BCUT2D eigenvalue weighted by molar-refractivity contribution is 5.93. The number of carbonyl (C=O) groups is 2. The van der Waals surface area contributed by atoms with E-state index < -0.39 is 6.04 Å². The number of likely N-dealkylation sites (N-methyl/N-ethyl adjacent to an activating group) is 1. The molecule has 0 aliphatic carbocycles. The van der Waals surface area contributed by atoms with Crippen LogP contribution in [0.4, 0.5) is 23.1 Å². The first-order valence-electron chi connectivity index (χ1n) is 12.9. The first kappa shape index (κ1) is 29.1. The molecule has 6 N–H and O–H groups in total. The molecule has 0 radical (unpaired) electrons. The van der Waals surface area contributed by atoms with Crippen molar-refractivity contribution in [3.8, 4) is 11.8 Å². The fraction of sp³-hybridized carbons (Fsp3) is 0.393. The van der Waals surface area contributed by atoms with Gasteiger partial charge in [0.1, 0.15) is 11.9 Å². The maximum atomic E-state index is 12.7. The predicted octanol–water partition coefficient (Wildman–Crippen LogP) is 2.20. The Bertz CT molecular complexity index is 1260. The number of unbranched alkanes of at least 4 members (excludes halogenated alkanes) is 1. The number of nitrogens with one attached hydrogen (secondary N) is 4. The van der Waals surface area contributed by atoms with Gasteiger partial charge in [-0.1, -0.05) is 17.9 Å². The number of hydrogen-bond acceptors (Lipinski definition) is 9. The molecule has 0 spiro atoms. The third kappa shape index (κ3) is 8.55. The van der Waals surface area contributed by atoms with E-state index in [9.17, 15) is 9.59 Å². The molecule has 39 heavy (non-hydrogen) atoms. The van der Waals surface area contributed by atoms with E-state index in [1.807, 2.05) is 25.1 Å². The zero-order valence-corrected chi connectivity index (χ0v) is 22.8. The maximum absolute atomic E-state index is 12.7. The Morgan fingerprint density at radius 2 is 2.15 bits per heavy atom. The molecule has 0 unspecified atom stereocenters. The van der Waals surface area contributed by atoms with Gasteiger partial charge < -0.3 is 36.9 Å². The van der Waals surface area contributed by atoms with E-state index in [2.05, 4.69) is 37.8 Å². The normalized spacial score (nSPS) is 14.7. The highest BCUT2D eigenvalue weighted by Gasteiger charge is 2.32. The van der Waals surface area contributed by atoms with E-state index >= 15 is 0 Å². The minimum Gasteiger partial charge on any atom is -0.398 e. The van der Waals surface area contributed by atoms with E-state index in [0.29, 0.717) is 73.2 Å². The molecule has 1 aromatic heterocycles. The lowest BCUT2D eigenvalue weighted by Gasteiger charge is -2.22. The van der Waals surface area contributed by atoms with Gasteiger partial charge in [-0.2, -0.15) is 4.98 Å². The Morgan fingerprint density at radius 3 is 2.87 bits per heavy atom. The van der Waals surface area contributed by atoms with Gasteiger partial charge in [0.2, 0.25) is 17.8 Å². The quantitative estimate of drug-likeness (QED) is 0.0973. The summed E-state index contributed by atoms with van der Waals surface area (Å²) in [4.78, 5) is 37.6. The van der Waals surface area contributed by atoms with Gasteiger partial charge in [0.25, 0.3) is 0 Å². The van der Waals surface area contributed by atoms with Crippen LogP contribution in [0.2, 0.25) is 0 Å². The van der Waals surface area contributed by atoms with Crippen molar-refractivity contribution in [2.45, 2.75) is 31.7 Å². The second-order valence-corrected chi connectivity index (χ2v) is 9.37. The highest BCUT2D eigenvalue weighted by atomic mass is 16.2. The van der Waals surface area contributed by atoms with Gasteiger partial charge in [-0.05, 0) is 51.6 Å². The third-order valence-corrected chi connectivity index (χ3v) is 6.09. The summed E-state index contributed by atoms with van der Waals surface area (Å²) in [5, 5.41) is 16.4. The van der Waals surface area contributed by atoms with Crippen LogP contribution in [0.15, 0.2) is 36.5 Å². The van der Waals surface area contributed by atoms with Crippen molar-refractivity contribution in [2.24, 2.45) is 0 Å². The number of rotatable bonds is 11. The summed E-state index contributed by atoms with van der Waals surface area (Å²) < 4.78 is 0. The molecular weight excluding hydrogens is 494 g/mol. The molecule has 1 fully saturated rings. The Kier molecular flexibility index (Phi) is 10.8. The zero-order valence-electron chi connectivity index (χ0n) is 22.8. The Balaban J connectivity index is 1.47. The first-order chi connectivity index (χ1) is 18.8. The standard InChI is InChI=1S/C28H37N9O2/c1-31-26-21(19-33-28(35-26)34-22-13-12-20(18-29)23(30)17-22)9-5-4-6-14-32-27(39)24-10-7-16-37(24)25(38)11-8-15-36(2)3/h8,11-13,17-19,24,29H,4,6-7,10,14-16,30H2,1-3H3,(H,32,39)(H2,31,33,34,35)/b11-8+,29-18?/t24-/m0/s1. The molecule has 2 amide bonds. The Morgan fingerprint density at radius 1 is 1.33 bits per heavy atom. The number of hydrogen-bond donors (Lipinski definition) is 5. The number of aromatic nitrogens is 2. The van der Waals surface area contributed by atoms with E-state index in [0.717, 1.165) is 6.42 Å². The number of benzene rings is 1. The minimum absolute atomic E-state index is 0.113. The first-order valence-corrected chi connectivity index (χ1v) is 12.9. The third-order valence-electron chi connectivity index (χ3n) is 6.09. The molecule has 206 valence electrons. The smallest absolute Gasteiger partial charge is 0.246 e. The second-order valence-electron chi connectivity index (χ2n) is 9.37. The number of carbonyl (C=O) groups excluding carboxylic acids is 2. The van der Waals surface area contributed by atoms with Gasteiger partial charge in [0.15, 0.2) is 0 Å². The summed E-state index contributed by atoms with van der Waals surface area (Å²) in [5.74, 6) is 6.94. The number of likely N-dealkylation sites (tertiary alicyclic amines) is 1. The molecule has 0 saturated carbocycles. The summed E-state index contributed by atoms with van der Waals surface area (Å²) in [6.45, 7) is 1.77. The minimum atomic E-state index is -0.416. The predicted molar refractivity (Wildman–Crippen MR) is 155 cm³/mol. The lowest BCUT2D eigenvalue weighted by atomic mass is 10.2. The van der Waals surface area contributed by atoms with Crippen LogP contribution < -0.4 is 21.7 Å². The van der Waals surface area contributed by atoms with Crippen molar-refractivity contribution < 1.29 is 9.59 Å². The van der Waals surface area contributed by atoms with Crippen LogP contribution >= 0.6 is 0 Å². The van der Waals surface area contributed by atoms with Crippen molar-refractivity contribution in [3.05, 3.63) is 47.7 Å². The molecule has 1 atom stereocenters. The van der Waals surface area contributed by atoms with E-state index in [4.69, 9.17) is 11.1 Å². The van der Waals surface area contributed by atoms with Crippen molar-refractivity contribution in [1.29, 1.82) is 5.41 Å². The van der Waals surface area contributed by atoms with Gasteiger partial charge in [0, 0.05) is 62.3 Å². The molecule has 1 aliphatic heterocycles.